The van der Waals surface area contributed by atoms with Crippen LogP contribution >= 0.6 is 0 Å². The van der Waals surface area contributed by atoms with E-state index < -0.39 is 10.0 Å². The lowest BCUT2D eigenvalue weighted by atomic mass is 10.1. The predicted octanol–water partition coefficient (Wildman–Crippen LogP) is 2.82. The summed E-state index contributed by atoms with van der Waals surface area (Å²) < 4.78 is 29.5. The van der Waals surface area contributed by atoms with E-state index in [2.05, 4.69) is 14.9 Å². The monoisotopic (exact) mass is 511 g/mol. The molecular weight excluding hydrogens is 478 g/mol. The summed E-state index contributed by atoms with van der Waals surface area (Å²) in [6.07, 6.45) is 3.61. The number of piperazine rings is 1. The van der Waals surface area contributed by atoms with Gasteiger partial charge in [0.1, 0.15) is 0 Å². The van der Waals surface area contributed by atoms with E-state index in [0.717, 1.165) is 42.1 Å². The summed E-state index contributed by atoms with van der Waals surface area (Å²) in [6.45, 7) is 4.24. The van der Waals surface area contributed by atoms with E-state index in [1.165, 1.54) is 0 Å². The van der Waals surface area contributed by atoms with Crippen LogP contribution in [0.2, 0.25) is 0 Å². The highest BCUT2D eigenvalue weighted by atomic mass is 32.2. The number of hydrogen-bond acceptors (Lipinski definition) is 5. The summed E-state index contributed by atoms with van der Waals surface area (Å²) in [4.78, 5) is 30.8. The van der Waals surface area contributed by atoms with Gasteiger partial charge in [-0.1, -0.05) is 6.07 Å². The molecule has 1 heterocycles. The second-order valence-electron chi connectivity index (χ2n) is 11.4. The molecule has 0 unspecified atom stereocenters. The van der Waals surface area contributed by atoms with Gasteiger partial charge >= 0.3 is 6.03 Å². The molecule has 2 aromatic rings. The minimum atomic E-state index is -3.72. The van der Waals surface area contributed by atoms with E-state index in [1.807, 2.05) is 30.0 Å². The van der Waals surface area contributed by atoms with Crippen LogP contribution in [-0.2, 0) is 14.8 Å². The number of amides is 3. The van der Waals surface area contributed by atoms with Gasteiger partial charge in [0.05, 0.1) is 10.3 Å². The molecule has 4 aliphatic rings. The highest BCUT2D eigenvalue weighted by molar-refractivity contribution is 7.89. The Morgan fingerprint density at radius 1 is 1.03 bits per heavy atom. The SMILES string of the molecule is CN(C)C(=O)N1CCN(c2cc(S(=O)(=O)NC3(C)CC3)cc3cc(NC(=O)C45CC4C5)ccc23)CC1. The van der Waals surface area contributed by atoms with Crippen molar-refractivity contribution in [2.24, 2.45) is 11.3 Å². The van der Waals surface area contributed by atoms with Crippen molar-refractivity contribution < 1.29 is 18.0 Å². The average Bonchev–Trinajstić information content (AvgIpc) is 3.75. The maximum absolute atomic E-state index is 13.3. The minimum absolute atomic E-state index is 0.0221. The molecule has 3 amide bonds. The zero-order valence-corrected chi connectivity index (χ0v) is 21.8. The van der Waals surface area contributed by atoms with Gasteiger partial charge in [0, 0.05) is 62.6 Å². The number of fused-ring (bicyclic) bond motifs is 2. The van der Waals surface area contributed by atoms with Gasteiger partial charge in [-0.3, -0.25) is 4.79 Å². The van der Waals surface area contributed by atoms with Crippen LogP contribution < -0.4 is 14.9 Å². The molecule has 2 N–H and O–H groups in total. The topological polar surface area (TPSA) is 102 Å². The molecule has 0 radical (unpaired) electrons. The van der Waals surface area contributed by atoms with Crippen molar-refractivity contribution in [2.45, 2.75) is 43.0 Å². The van der Waals surface area contributed by atoms with Crippen LogP contribution in [0.1, 0.15) is 32.6 Å². The Kier molecular flexibility index (Phi) is 5.12. The molecule has 6 rings (SSSR count). The first-order chi connectivity index (χ1) is 17.0. The zero-order chi connectivity index (χ0) is 25.5. The number of benzene rings is 2. The molecular formula is C26H33N5O4S. The summed E-state index contributed by atoms with van der Waals surface area (Å²) in [5, 5.41) is 4.73. The summed E-state index contributed by atoms with van der Waals surface area (Å²) in [7, 11) is -0.236. The quantitative estimate of drug-likeness (QED) is 0.621. The molecule has 0 spiro atoms. The number of sulfonamides is 1. The van der Waals surface area contributed by atoms with Crippen LogP contribution in [0.4, 0.5) is 16.2 Å². The van der Waals surface area contributed by atoms with Crippen molar-refractivity contribution in [2.75, 3.05) is 50.5 Å². The third-order valence-corrected chi connectivity index (χ3v) is 9.88. The number of carbonyl (C=O) groups is 2. The number of nitrogens with one attached hydrogen (secondary N) is 2. The number of nitrogens with zero attached hydrogens (tertiary/aromatic N) is 3. The normalized spacial score (nSPS) is 25.8. The molecule has 1 saturated heterocycles. The molecule has 1 aliphatic heterocycles. The van der Waals surface area contributed by atoms with E-state index in [4.69, 9.17) is 0 Å². The fraction of sp³-hybridized carbons (Fsp3) is 0.538. The lowest BCUT2D eigenvalue weighted by Crippen LogP contribution is -2.51. The van der Waals surface area contributed by atoms with Crippen LogP contribution in [0.15, 0.2) is 35.2 Å². The average molecular weight is 512 g/mol. The molecule has 2 aromatic carbocycles. The molecule has 4 fully saturated rings. The lowest BCUT2D eigenvalue weighted by Gasteiger charge is -2.37. The minimum Gasteiger partial charge on any atom is -0.367 e. The second kappa shape index (κ2) is 7.82. The van der Waals surface area contributed by atoms with Crippen LogP contribution in [0.5, 0.6) is 0 Å². The third-order valence-electron chi connectivity index (χ3n) is 8.26. The largest absolute Gasteiger partial charge is 0.367 e. The van der Waals surface area contributed by atoms with E-state index in [0.29, 0.717) is 37.8 Å². The van der Waals surface area contributed by atoms with Crippen molar-refractivity contribution >= 4 is 44.1 Å². The maximum atomic E-state index is 13.3. The van der Waals surface area contributed by atoms with Crippen molar-refractivity contribution in [1.29, 1.82) is 0 Å². The third kappa shape index (κ3) is 4.10. The Balaban J connectivity index is 1.34. The van der Waals surface area contributed by atoms with Crippen molar-refractivity contribution in [3.05, 3.63) is 30.3 Å². The Morgan fingerprint density at radius 3 is 2.28 bits per heavy atom. The van der Waals surface area contributed by atoms with E-state index in [9.17, 15) is 18.0 Å². The molecule has 192 valence electrons. The smallest absolute Gasteiger partial charge is 0.319 e. The number of carbonyl (C=O) groups excluding carboxylic acids is 2. The second-order valence-corrected chi connectivity index (χ2v) is 13.1. The number of rotatable bonds is 6. The van der Waals surface area contributed by atoms with Gasteiger partial charge in [0.25, 0.3) is 0 Å². The van der Waals surface area contributed by atoms with Gasteiger partial charge < -0.3 is 20.0 Å². The zero-order valence-electron chi connectivity index (χ0n) is 21.0. The summed E-state index contributed by atoms with van der Waals surface area (Å²) in [6, 6.07) is 9.14. The first-order valence-corrected chi connectivity index (χ1v) is 14.1. The number of hydrogen-bond donors (Lipinski definition) is 2. The van der Waals surface area contributed by atoms with Crippen LogP contribution in [-0.4, -0.2) is 76.0 Å². The van der Waals surface area contributed by atoms with E-state index >= 15 is 0 Å². The Bertz CT molecular complexity index is 1370. The molecule has 36 heavy (non-hydrogen) atoms. The van der Waals surface area contributed by atoms with Gasteiger partial charge in [0.2, 0.25) is 15.9 Å². The number of anilines is 2. The van der Waals surface area contributed by atoms with Crippen LogP contribution in [0.3, 0.4) is 0 Å². The summed E-state index contributed by atoms with van der Waals surface area (Å²) >= 11 is 0. The van der Waals surface area contributed by atoms with Crippen LogP contribution in [0.25, 0.3) is 10.8 Å². The van der Waals surface area contributed by atoms with Crippen molar-refractivity contribution in [3.8, 4) is 0 Å². The fourth-order valence-electron chi connectivity index (χ4n) is 5.24. The molecule has 10 heteroatoms. The van der Waals surface area contributed by atoms with E-state index in [-0.39, 0.29) is 27.8 Å². The van der Waals surface area contributed by atoms with Gasteiger partial charge in [0.15, 0.2) is 0 Å². The Hall–Kier alpha value is -2.85. The molecule has 0 aromatic heterocycles. The van der Waals surface area contributed by atoms with Gasteiger partial charge in [-0.25, -0.2) is 17.9 Å². The van der Waals surface area contributed by atoms with Gasteiger partial charge in [-0.2, -0.15) is 0 Å². The fourth-order valence-corrected chi connectivity index (χ4v) is 6.76. The maximum Gasteiger partial charge on any atom is 0.319 e. The standard InChI is InChI=1S/C26H33N5O4S/c1-25(6-7-25)28-36(34,35)20-13-17-12-19(27-23(32)26-15-18(26)16-26)4-5-21(17)22(14-20)30-8-10-31(11-9-30)24(33)29(2)3/h4-5,12-14,18,28H,6-11,15-16H2,1-3H3,(H,27,32). The Labute approximate surface area is 211 Å². The van der Waals surface area contributed by atoms with Crippen LogP contribution in [0, 0.1) is 11.3 Å². The first kappa shape index (κ1) is 23.5. The number of urea groups is 1. The van der Waals surface area contributed by atoms with Gasteiger partial charge in [-0.05, 0) is 68.2 Å². The molecule has 9 nitrogen and oxygen atoms in total. The highest BCUT2D eigenvalue weighted by Crippen LogP contribution is 2.75. The predicted molar refractivity (Wildman–Crippen MR) is 139 cm³/mol. The molecule has 3 aliphatic carbocycles. The summed E-state index contributed by atoms with van der Waals surface area (Å²) in [5.74, 6) is 0.620. The van der Waals surface area contributed by atoms with Crippen molar-refractivity contribution in [1.82, 2.24) is 14.5 Å². The molecule has 0 bridgehead atoms. The van der Waals surface area contributed by atoms with E-state index in [1.54, 1.807) is 31.1 Å². The van der Waals surface area contributed by atoms with Gasteiger partial charge in [-0.15, -0.1) is 0 Å². The highest BCUT2D eigenvalue weighted by Gasteiger charge is 2.74. The van der Waals surface area contributed by atoms with Crippen molar-refractivity contribution in [3.63, 3.8) is 0 Å². The Morgan fingerprint density at radius 2 is 1.69 bits per heavy atom. The lowest BCUT2D eigenvalue weighted by molar-refractivity contribution is -0.119. The molecule has 3 saturated carbocycles. The summed E-state index contributed by atoms with van der Waals surface area (Å²) in [5.41, 5.74) is 0.986. The molecule has 0 atom stereocenters. The first-order valence-electron chi connectivity index (χ1n) is 12.6.